The van der Waals surface area contributed by atoms with Crippen molar-refractivity contribution in [3.05, 3.63) is 33.8 Å². The van der Waals surface area contributed by atoms with Gasteiger partial charge < -0.3 is 10.2 Å². The minimum Gasteiger partial charge on any atom is -0.316 e. The first-order valence-corrected chi connectivity index (χ1v) is 7.88. The van der Waals surface area contributed by atoms with E-state index >= 15 is 0 Å². The Bertz CT molecular complexity index is 390. The standard InChI is InChI=1S/C15H22Cl2N2/c16-14-5-4-13(12-15(14)17)6-8-18-7-3-11-19-9-1-2-10-19/h4-5,12,18H,1-3,6-11H2. The van der Waals surface area contributed by atoms with Gasteiger partial charge in [0, 0.05) is 0 Å². The van der Waals surface area contributed by atoms with E-state index in [-0.39, 0.29) is 0 Å². The van der Waals surface area contributed by atoms with E-state index in [0.29, 0.717) is 10.0 Å². The van der Waals surface area contributed by atoms with Crippen LogP contribution in [0.1, 0.15) is 24.8 Å². The molecule has 1 heterocycles. The number of likely N-dealkylation sites (tertiary alicyclic amines) is 1. The van der Waals surface area contributed by atoms with Gasteiger partial charge in [-0.3, -0.25) is 0 Å². The predicted molar refractivity (Wildman–Crippen MR) is 83.3 cm³/mol. The van der Waals surface area contributed by atoms with Crippen LogP contribution in [0.3, 0.4) is 0 Å². The third-order valence-electron chi connectivity index (χ3n) is 3.60. The summed E-state index contributed by atoms with van der Waals surface area (Å²) in [6.07, 6.45) is 5.00. The predicted octanol–water partition coefficient (Wildman–Crippen LogP) is 3.61. The van der Waals surface area contributed by atoms with Crippen molar-refractivity contribution in [1.82, 2.24) is 10.2 Å². The Morgan fingerprint density at radius 3 is 2.58 bits per heavy atom. The van der Waals surface area contributed by atoms with Gasteiger partial charge >= 0.3 is 0 Å². The molecule has 1 fully saturated rings. The van der Waals surface area contributed by atoms with Crippen LogP contribution in [0.2, 0.25) is 10.0 Å². The van der Waals surface area contributed by atoms with Crippen molar-refractivity contribution in [3.8, 4) is 0 Å². The molecule has 0 aliphatic carbocycles. The maximum absolute atomic E-state index is 5.99. The summed E-state index contributed by atoms with van der Waals surface area (Å²) >= 11 is 11.9. The number of hydrogen-bond donors (Lipinski definition) is 1. The molecule has 2 rings (SSSR count). The molecule has 1 N–H and O–H groups in total. The molecular weight excluding hydrogens is 279 g/mol. The second kappa shape index (κ2) is 8.11. The van der Waals surface area contributed by atoms with Crippen LogP contribution in [0.15, 0.2) is 18.2 Å². The van der Waals surface area contributed by atoms with Gasteiger partial charge in [-0.15, -0.1) is 0 Å². The number of nitrogens with one attached hydrogen (secondary N) is 1. The van der Waals surface area contributed by atoms with Crippen molar-refractivity contribution in [3.63, 3.8) is 0 Å². The van der Waals surface area contributed by atoms with Crippen molar-refractivity contribution in [2.24, 2.45) is 0 Å². The molecular formula is C15H22Cl2N2. The molecule has 0 spiro atoms. The van der Waals surface area contributed by atoms with E-state index in [2.05, 4.69) is 10.2 Å². The summed E-state index contributed by atoms with van der Waals surface area (Å²) < 4.78 is 0. The first kappa shape index (κ1) is 15.1. The molecule has 0 unspecified atom stereocenters. The van der Waals surface area contributed by atoms with E-state index in [4.69, 9.17) is 23.2 Å². The first-order chi connectivity index (χ1) is 9.25. The molecule has 1 aliphatic rings. The Hall–Kier alpha value is -0.280. The topological polar surface area (TPSA) is 15.3 Å². The summed E-state index contributed by atoms with van der Waals surface area (Å²) in [7, 11) is 0. The highest BCUT2D eigenvalue weighted by molar-refractivity contribution is 6.42. The van der Waals surface area contributed by atoms with Gasteiger partial charge in [-0.25, -0.2) is 0 Å². The molecule has 0 radical (unpaired) electrons. The summed E-state index contributed by atoms with van der Waals surface area (Å²) in [5.74, 6) is 0. The smallest absolute Gasteiger partial charge is 0.0595 e. The summed E-state index contributed by atoms with van der Waals surface area (Å²) in [6.45, 7) is 5.92. The second-order valence-electron chi connectivity index (χ2n) is 5.15. The van der Waals surface area contributed by atoms with Crippen LogP contribution in [0.4, 0.5) is 0 Å². The maximum Gasteiger partial charge on any atom is 0.0595 e. The molecule has 1 aromatic carbocycles. The van der Waals surface area contributed by atoms with Crippen LogP contribution in [0, 0.1) is 0 Å². The van der Waals surface area contributed by atoms with Crippen molar-refractivity contribution in [2.45, 2.75) is 25.7 Å². The molecule has 0 bridgehead atoms. The molecule has 1 aliphatic heterocycles. The first-order valence-electron chi connectivity index (χ1n) is 7.13. The van der Waals surface area contributed by atoms with Crippen molar-refractivity contribution < 1.29 is 0 Å². The largest absolute Gasteiger partial charge is 0.316 e. The van der Waals surface area contributed by atoms with E-state index in [9.17, 15) is 0 Å². The molecule has 0 amide bonds. The molecule has 106 valence electrons. The average Bonchev–Trinajstić information content (AvgIpc) is 2.91. The van der Waals surface area contributed by atoms with E-state index < -0.39 is 0 Å². The SMILES string of the molecule is Clc1ccc(CCNCCCN2CCCC2)cc1Cl. The van der Waals surface area contributed by atoms with Gasteiger partial charge in [-0.1, -0.05) is 29.3 Å². The number of benzene rings is 1. The zero-order valence-electron chi connectivity index (χ0n) is 11.3. The lowest BCUT2D eigenvalue weighted by molar-refractivity contribution is 0.331. The molecule has 4 heteroatoms. The van der Waals surface area contributed by atoms with Crippen molar-refractivity contribution >= 4 is 23.2 Å². The third-order valence-corrected chi connectivity index (χ3v) is 4.34. The lowest BCUT2D eigenvalue weighted by Gasteiger charge is -2.14. The molecule has 0 saturated carbocycles. The normalized spacial score (nSPS) is 16.1. The second-order valence-corrected chi connectivity index (χ2v) is 5.97. The fraction of sp³-hybridized carbons (Fsp3) is 0.600. The Morgan fingerprint density at radius 2 is 1.84 bits per heavy atom. The summed E-state index contributed by atoms with van der Waals surface area (Å²) in [4.78, 5) is 2.56. The number of nitrogens with zero attached hydrogens (tertiary/aromatic N) is 1. The number of halogens is 2. The Kier molecular flexibility index (Phi) is 6.45. The van der Waals surface area contributed by atoms with Crippen LogP contribution < -0.4 is 5.32 Å². The Labute approximate surface area is 126 Å². The molecule has 1 aromatic rings. The van der Waals surface area contributed by atoms with Gasteiger partial charge in [0.15, 0.2) is 0 Å². The molecule has 0 aromatic heterocycles. The van der Waals surface area contributed by atoms with Gasteiger partial charge in [-0.05, 0) is 76.1 Å². The van der Waals surface area contributed by atoms with Crippen LogP contribution in [0.25, 0.3) is 0 Å². The van der Waals surface area contributed by atoms with Gasteiger partial charge in [0.05, 0.1) is 10.0 Å². The number of rotatable bonds is 7. The maximum atomic E-state index is 5.99. The highest BCUT2D eigenvalue weighted by Crippen LogP contribution is 2.22. The van der Waals surface area contributed by atoms with Gasteiger partial charge in [0.1, 0.15) is 0 Å². The van der Waals surface area contributed by atoms with E-state index in [1.165, 1.54) is 44.5 Å². The van der Waals surface area contributed by atoms with Crippen LogP contribution in [-0.2, 0) is 6.42 Å². The lowest BCUT2D eigenvalue weighted by atomic mass is 10.1. The van der Waals surface area contributed by atoms with E-state index in [1.807, 2.05) is 18.2 Å². The molecule has 2 nitrogen and oxygen atoms in total. The van der Waals surface area contributed by atoms with E-state index in [1.54, 1.807) is 0 Å². The van der Waals surface area contributed by atoms with Crippen molar-refractivity contribution in [1.29, 1.82) is 0 Å². The van der Waals surface area contributed by atoms with Gasteiger partial charge in [0.2, 0.25) is 0 Å². The summed E-state index contributed by atoms with van der Waals surface area (Å²) in [5, 5.41) is 4.76. The monoisotopic (exact) mass is 300 g/mol. The van der Waals surface area contributed by atoms with Gasteiger partial charge in [0.25, 0.3) is 0 Å². The van der Waals surface area contributed by atoms with E-state index in [0.717, 1.165) is 19.5 Å². The van der Waals surface area contributed by atoms with Gasteiger partial charge in [-0.2, -0.15) is 0 Å². The molecule has 1 saturated heterocycles. The van der Waals surface area contributed by atoms with Crippen LogP contribution >= 0.6 is 23.2 Å². The van der Waals surface area contributed by atoms with Crippen molar-refractivity contribution in [2.75, 3.05) is 32.7 Å². The lowest BCUT2D eigenvalue weighted by Crippen LogP contribution is -2.25. The minimum atomic E-state index is 0.629. The fourth-order valence-electron chi connectivity index (χ4n) is 2.49. The third kappa shape index (κ3) is 5.31. The zero-order chi connectivity index (χ0) is 13.5. The average molecular weight is 301 g/mol. The fourth-order valence-corrected chi connectivity index (χ4v) is 2.81. The molecule has 19 heavy (non-hydrogen) atoms. The highest BCUT2D eigenvalue weighted by atomic mass is 35.5. The Morgan fingerprint density at radius 1 is 1.05 bits per heavy atom. The highest BCUT2D eigenvalue weighted by Gasteiger charge is 2.09. The molecule has 0 atom stereocenters. The minimum absolute atomic E-state index is 0.629. The Balaban J connectivity index is 1.54. The summed E-state index contributed by atoms with van der Waals surface area (Å²) in [6, 6.07) is 5.86. The van der Waals surface area contributed by atoms with Crippen LogP contribution in [0.5, 0.6) is 0 Å². The zero-order valence-corrected chi connectivity index (χ0v) is 12.8. The quantitative estimate of drug-likeness (QED) is 0.774. The number of hydrogen-bond acceptors (Lipinski definition) is 2. The summed E-state index contributed by atoms with van der Waals surface area (Å²) in [5.41, 5.74) is 1.24. The van der Waals surface area contributed by atoms with Crippen LogP contribution in [-0.4, -0.2) is 37.6 Å².